The molecular weight excluding hydrogens is 172 g/mol. The zero-order valence-corrected chi connectivity index (χ0v) is 9.68. The van der Waals surface area contributed by atoms with E-state index < -0.39 is 0 Å². The van der Waals surface area contributed by atoms with Crippen LogP contribution in [0.3, 0.4) is 0 Å². The zero-order valence-electron chi connectivity index (χ0n) is 9.68. The van der Waals surface area contributed by atoms with Gasteiger partial charge in [-0.15, -0.1) is 6.58 Å². The lowest BCUT2D eigenvalue weighted by Gasteiger charge is -2.20. The van der Waals surface area contributed by atoms with Crippen LogP contribution in [0.2, 0.25) is 0 Å². The molecule has 1 heteroatoms. The molecule has 0 saturated heterocycles. The van der Waals surface area contributed by atoms with Gasteiger partial charge in [0, 0.05) is 5.41 Å². The van der Waals surface area contributed by atoms with Gasteiger partial charge in [-0.1, -0.05) is 38.0 Å². The van der Waals surface area contributed by atoms with Gasteiger partial charge in [-0.3, -0.25) is 4.79 Å². The van der Waals surface area contributed by atoms with Crippen molar-refractivity contribution in [2.24, 2.45) is 5.41 Å². The molecule has 0 rings (SSSR count). The van der Waals surface area contributed by atoms with Gasteiger partial charge < -0.3 is 0 Å². The molecule has 0 bridgehead atoms. The SMILES string of the molecule is C=CCC(C)(C=CCCCC)C(C)=O. The molecule has 0 saturated carbocycles. The summed E-state index contributed by atoms with van der Waals surface area (Å²) >= 11 is 0. The Kier molecular flexibility index (Phi) is 6.18. The third-order valence-corrected chi connectivity index (χ3v) is 2.58. The summed E-state index contributed by atoms with van der Waals surface area (Å²) in [7, 11) is 0. The third kappa shape index (κ3) is 4.40. The summed E-state index contributed by atoms with van der Waals surface area (Å²) in [6.45, 7) is 9.47. The van der Waals surface area contributed by atoms with E-state index in [9.17, 15) is 4.79 Å². The Morgan fingerprint density at radius 3 is 2.57 bits per heavy atom. The number of carbonyl (C=O) groups is 1. The van der Waals surface area contributed by atoms with Crippen LogP contribution in [-0.2, 0) is 4.79 Å². The average molecular weight is 194 g/mol. The van der Waals surface area contributed by atoms with Crippen LogP contribution in [0.15, 0.2) is 24.8 Å². The highest BCUT2D eigenvalue weighted by atomic mass is 16.1. The summed E-state index contributed by atoms with van der Waals surface area (Å²) in [6.07, 6.45) is 10.1. The van der Waals surface area contributed by atoms with Crippen molar-refractivity contribution in [1.82, 2.24) is 0 Å². The van der Waals surface area contributed by atoms with Gasteiger partial charge in [-0.2, -0.15) is 0 Å². The van der Waals surface area contributed by atoms with E-state index in [4.69, 9.17) is 0 Å². The van der Waals surface area contributed by atoms with Gasteiger partial charge in [0.1, 0.15) is 5.78 Å². The predicted molar refractivity (Wildman–Crippen MR) is 62.3 cm³/mol. The number of ketones is 1. The Hall–Kier alpha value is -0.850. The van der Waals surface area contributed by atoms with Gasteiger partial charge in [0.25, 0.3) is 0 Å². The first-order valence-corrected chi connectivity index (χ1v) is 5.36. The topological polar surface area (TPSA) is 17.1 Å². The lowest BCUT2D eigenvalue weighted by Crippen LogP contribution is -2.21. The number of rotatable bonds is 7. The molecule has 1 nitrogen and oxygen atoms in total. The van der Waals surface area contributed by atoms with E-state index in [-0.39, 0.29) is 11.2 Å². The molecule has 0 spiro atoms. The molecule has 1 atom stereocenters. The third-order valence-electron chi connectivity index (χ3n) is 2.58. The highest BCUT2D eigenvalue weighted by Gasteiger charge is 2.24. The summed E-state index contributed by atoms with van der Waals surface area (Å²) in [5.74, 6) is 0.213. The van der Waals surface area contributed by atoms with Gasteiger partial charge in [0.15, 0.2) is 0 Å². The molecule has 0 aliphatic rings. The first-order valence-electron chi connectivity index (χ1n) is 5.36. The maximum Gasteiger partial charge on any atom is 0.139 e. The molecule has 0 fully saturated rings. The van der Waals surface area contributed by atoms with E-state index >= 15 is 0 Å². The minimum atomic E-state index is -0.338. The van der Waals surface area contributed by atoms with Crippen LogP contribution in [0.4, 0.5) is 0 Å². The highest BCUT2D eigenvalue weighted by Crippen LogP contribution is 2.25. The number of hydrogen-bond acceptors (Lipinski definition) is 1. The quantitative estimate of drug-likeness (QED) is 0.443. The van der Waals surface area contributed by atoms with Gasteiger partial charge in [-0.05, 0) is 26.7 Å². The average Bonchev–Trinajstić information content (AvgIpc) is 2.13. The Bertz CT molecular complexity index is 215. The number of hydrogen-bond donors (Lipinski definition) is 0. The largest absolute Gasteiger partial charge is 0.299 e. The van der Waals surface area contributed by atoms with Crippen molar-refractivity contribution in [2.45, 2.75) is 46.5 Å². The lowest BCUT2D eigenvalue weighted by molar-refractivity contribution is -0.123. The molecule has 0 N–H and O–H groups in total. The molecule has 80 valence electrons. The van der Waals surface area contributed by atoms with E-state index in [1.165, 1.54) is 12.8 Å². The Balaban J connectivity index is 4.28. The van der Waals surface area contributed by atoms with E-state index in [1.54, 1.807) is 6.92 Å². The van der Waals surface area contributed by atoms with Crippen LogP contribution >= 0.6 is 0 Å². The molecule has 0 aromatic rings. The van der Waals surface area contributed by atoms with Crippen molar-refractivity contribution in [3.05, 3.63) is 24.8 Å². The standard InChI is InChI=1S/C13H22O/c1-5-7-8-9-11-13(4,10-6-2)12(3)14/h6,9,11H,2,5,7-8,10H2,1,3-4H3. The Labute approximate surface area is 87.9 Å². The number of unbranched alkanes of at least 4 members (excludes halogenated alkanes) is 2. The second-order valence-electron chi connectivity index (χ2n) is 4.01. The van der Waals surface area contributed by atoms with Crippen molar-refractivity contribution in [3.8, 4) is 0 Å². The molecule has 0 heterocycles. The fraction of sp³-hybridized carbons (Fsp3) is 0.615. The number of allylic oxidation sites excluding steroid dienone is 3. The molecule has 0 aromatic heterocycles. The maximum atomic E-state index is 11.4. The minimum Gasteiger partial charge on any atom is -0.299 e. The second-order valence-corrected chi connectivity index (χ2v) is 4.01. The van der Waals surface area contributed by atoms with Gasteiger partial charge in [0.05, 0.1) is 0 Å². The monoisotopic (exact) mass is 194 g/mol. The van der Waals surface area contributed by atoms with E-state index in [2.05, 4.69) is 19.6 Å². The molecule has 0 aliphatic heterocycles. The normalized spacial score (nSPS) is 15.4. The predicted octanol–water partition coefficient (Wildman–Crippen LogP) is 3.90. The zero-order chi connectivity index (χ0) is 11.0. The van der Waals surface area contributed by atoms with Crippen LogP contribution in [0.1, 0.15) is 46.5 Å². The Morgan fingerprint density at radius 2 is 2.14 bits per heavy atom. The first kappa shape index (κ1) is 13.2. The number of carbonyl (C=O) groups excluding carboxylic acids is 1. The van der Waals surface area contributed by atoms with Crippen molar-refractivity contribution in [1.29, 1.82) is 0 Å². The fourth-order valence-electron chi connectivity index (χ4n) is 1.29. The lowest BCUT2D eigenvalue weighted by atomic mass is 9.82. The van der Waals surface area contributed by atoms with Crippen LogP contribution in [0.25, 0.3) is 0 Å². The van der Waals surface area contributed by atoms with E-state index in [0.717, 1.165) is 12.8 Å². The molecule has 1 unspecified atom stereocenters. The van der Waals surface area contributed by atoms with E-state index in [1.807, 2.05) is 19.1 Å². The van der Waals surface area contributed by atoms with Crippen molar-refractivity contribution < 1.29 is 4.79 Å². The van der Waals surface area contributed by atoms with Crippen LogP contribution < -0.4 is 0 Å². The fourth-order valence-corrected chi connectivity index (χ4v) is 1.29. The molecule has 0 aromatic carbocycles. The van der Waals surface area contributed by atoms with Crippen LogP contribution in [0.5, 0.6) is 0 Å². The van der Waals surface area contributed by atoms with Gasteiger partial charge in [-0.25, -0.2) is 0 Å². The molecule has 0 amide bonds. The smallest absolute Gasteiger partial charge is 0.139 e. The molecule has 0 radical (unpaired) electrons. The maximum absolute atomic E-state index is 11.4. The summed E-state index contributed by atoms with van der Waals surface area (Å²) in [5, 5.41) is 0. The molecule has 14 heavy (non-hydrogen) atoms. The Morgan fingerprint density at radius 1 is 1.50 bits per heavy atom. The molecule has 0 aliphatic carbocycles. The molecular formula is C13H22O. The summed E-state index contributed by atoms with van der Waals surface area (Å²) < 4.78 is 0. The highest BCUT2D eigenvalue weighted by molar-refractivity contribution is 5.84. The van der Waals surface area contributed by atoms with E-state index in [0.29, 0.717) is 0 Å². The van der Waals surface area contributed by atoms with Crippen molar-refractivity contribution >= 4 is 5.78 Å². The second kappa shape index (κ2) is 6.58. The van der Waals surface area contributed by atoms with Gasteiger partial charge >= 0.3 is 0 Å². The number of Topliss-reactive ketones (excluding diaryl/α,β-unsaturated/α-hetero) is 1. The summed E-state index contributed by atoms with van der Waals surface area (Å²) in [4.78, 5) is 11.4. The summed E-state index contributed by atoms with van der Waals surface area (Å²) in [5.41, 5.74) is -0.338. The minimum absolute atomic E-state index is 0.213. The van der Waals surface area contributed by atoms with Crippen LogP contribution in [-0.4, -0.2) is 5.78 Å². The van der Waals surface area contributed by atoms with Gasteiger partial charge in [0.2, 0.25) is 0 Å². The van der Waals surface area contributed by atoms with Crippen LogP contribution in [0, 0.1) is 5.41 Å². The van der Waals surface area contributed by atoms with Crippen molar-refractivity contribution in [2.75, 3.05) is 0 Å². The summed E-state index contributed by atoms with van der Waals surface area (Å²) in [6, 6.07) is 0. The first-order chi connectivity index (χ1) is 6.56. The van der Waals surface area contributed by atoms with Crippen molar-refractivity contribution in [3.63, 3.8) is 0 Å².